The first kappa shape index (κ1) is 11.7. The Morgan fingerprint density at radius 3 is 3.05 bits per heavy atom. The smallest absolute Gasteiger partial charge is 0.248 e. The predicted molar refractivity (Wildman–Crippen MR) is 69.1 cm³/mol. The molecule has 2 aromatic rings. The standard InChI is InChI=1S/C13H13FN4O/c14-10-2-1-9-3-4-18(12(9)5-10)13(19)8-17-7-11(15)6-16-17/h1-2,5-7H,3-4,8,15H2. The Balaban J connectivity index is 1.81. The third kappa shape index (κ3) is 2.16. The van der Waals surface area contributed by atoms with Gasteiger partial charge in [0.05, 0.1) is 11.9 Å². The largest absolute Gasteiger partial charge is 0.396 e. The number of carbonyl (C=O) groups excluding carboxylic acids is 1. The lowest BCUT2D eigenvalue weighted by atomic mass is 10.2. The molecule has 1 aromatic carbocycles. The fraction of sp³-hybridized carbons (Fsp3) is 0.231. The number of nitrogens with zero attached hydrogens (tertiary/aromatic N) is 3. The van der Waals surface area contributed by atoms with Crippen molar-refractivity contribution in [2.24, 2.45) is 0 Å². The normalized spacial score (nSPS) is 13.6. The Kier molecular flexibility index (Phi) is 2.70. The van der Waals surface area contributed by atoms with E-state index >= 15 is 0 Å². The van der Waals surface area contributed by atoms with Crippen molar-refractivity contribution in [1.82, 2.24) is 9.78 Å². The molecule has 0 unspecified atom stereocenters. The van der Waals surface area contributed by atoms with Gasteiger partial charge in [-0.15, -0.1) is 0 Å². The number of rotatable bonds is 2. The molecular formula is C13H13FN4O. The summed E-state index contributed by atoms with van der Waals surface area (Å²) in [7, 11) is 0. The van der Waals surface area contributed by atoms with Crippen molar-refractivity contribution in [3.05, 3.63) is 42.0 Å². The molecule has 1 amide bonds. The number of benzene rings is 1. The van der Waals surface area contributed by atoms with Gasteiger partial charge in [0, 0.05) is 18.4 Å². The van der Waals surface area contributed by atoms with Gasteiger partial charge < -0.3 is 10.6 Å². The quantitative estimate of drug-likeness (QED) is 0.882. The van der Waals surface area contributed by atoms with E-state index in [1.807, 2.05) is 0 Å². The molecule has 3 rings (SSSR count). The Bertz CT molecular complexity index is 637. The number of nitrogens with two attached hydrogens (primary N) is 1. The molecule has 0 spiro atoms. The van der Waals surface area contributed by atoms with Gasteiger partial charge in [0.1, 0.15) is 12.4 Å². The Hall–Kier alpha value is -2.37. The molecule has 0 saturated carbocycles. The summed E-state index contributed by atoms with van der Waals surface area (Å²) in [5, 5.41) is 3.97. The molecule has 19 heavy (non-hydrogen) atoms. The Labute approximate surface area is 109 Å². The number of hydrogen-bond acceptors (Lipinski definition) is 3. The van der Waals surface area contributed by atoms with Crippen LogP contribution in [0.3, 0.4) is 0 Å². The fourth-order valence-corrected chi connectivity index (χ4v) is 2.30. The molecule has 1 aliphatic heterocycles. The molecule has 0 saturated heterocycles. The lowest BCUT2D eigenvalue weighted by Gasteiger charge is -2.17. The number of halogens is 1. The van der Waals surface area contributed by atoms with E-state index in [0.29, 0.717) is 17.9 Å². The average Bonchev–Trinajstić information content (AvgIpc) is 2.95. The minimum Gasteiger partial charge on any atom is -0.396 e. The number of anilines is 2. The van der Waals surface area contributed by atoms with Crippen LogP contribution >= 0.6 is 0 Å². The molecule has 98 valence electrons. The first-order chi connectivity index (χ1) is 9.13. The third-order valence-electron chi connectivity index (χ3n) is 3.19. The summed E-state index contributed by atoms with van der Waals surface area (Å²) in [5.74, 6) is -0.450. The zero-order valence-corrected chi connectivity index (χ0v) is 10.2. The summed E-state index contributed by atoms with van der Waals surface area (Å²) in [6, 6.07) is 4.54. The molecule has 0 atom stereocenters. The zero-order chi connectivity index (χ0) is 13.4. The van der Waals surface area contributed by atoms with Crippen LogP contribution in [0.5, 0.6) is 0 Å². The first-order valence-electron chi connectivity index (χ1n) is 6.00. The maximum Gasteiger partial charge on any atom is 0.248 e. The van der Waals surface area contributed by atoms with Gasteiger partial charge in [-0.3, -0.25) is 9.48 Å². The molecule has 2 heterocycles. The van der Waals surface area contributed by atoms with Gasteiger partial charge >= 0.3 is 0 Å². The van der Waals surface area contributed by atoms with Crippen molar-refractivity contribution in [2.75, 3.05) is 17.2 Å². The van der Waals surface area contributed by atoms with E-state index in [1.54, 1.807) is 17.2 Å². The first-order valence-corrected chi connectivity index (χ1v) is 6.00. The SMILES string of the molecule is Nc1cnn(CC(=O)N2CCc3ccc(F)cc32)c1. The molecule has 5 nitrogen and oxygen atoms in total. The number of amides is 1. The Morgan fingerprint density at radius 1 is 1.47 bits per heavy atom. The van der Waals surface area contributed by atoms with E-state index in [-0.39, 0.29) is 18.3 Å². The highest BCUT2D eigenvalue weighted by molar-refractivity contribution is 5.95. The number of aromatic nitrogens is 2. The number of fused-ring (bicyclic) bond motifs is 1. The van der Waals surface area contributed by atoms with Gasteiger partial charge in [-0.05, 0) is 24.1 Å². The molecule has 0 fully saturated rings. The summed E-state index contributed by atoms with van der Waals surface area (Å²) >= 11 is 0. The van der Waals surface area contributed by atoms with Gasteiger partial charge in [0.15, 0.2) is 0 Å². The van der Waals surface area contributed by atoms with Crippen molar-refractivity contribution in [3.63, 3.8) is 0 Å². The predicted octanol–water partition coefficient (Wildman–Crippen LogP) is 1.19. The van der Waals surface area contributed by atoms with Crippen molar-refractivity contribution in [1.29, 1.82) is 0 Å². The lowest BCUT2D eigenvalue weighted by molar-refractivity contribution is -0.119. The minimum absolute atomic E-state index is 0.104. The molecule has 1 aliphatic rings. The van der Waals surface area contributed by atoms with Crippen molar-refractivity contribution >= 4 is 17.3 Å². The second kappa shape index (κ2) is 4.38. The fourth-order valence-electron chi connectivity index (χ4n) is 2.30. The molecule has 0 bridgehead atoms. The van der Waals surface area contributed by atoms with Crippen LogP contribution in [0, 0.1) is 5.82 Å². The zero-order valence-electron chi connectivity index (χ0n) is 10.2. The second-order valence-electron chi connectivity index (χ2n) is 4.54. The van der Waals surface area contributed by atoms with Gasteiger partial charge in [0.25, 0.3) is 0 Å². The second-order valence-corrected chi connectivity index (χ2v) is 4.54. The average molecular weight is 260 g/mol. The van der Waals surface area contributed by atoms with E-state index in [2.05, 4.69) is 5.10 Å². The van der Waals surface area contributed by atoms with Gasteiger partial charge in [-0.1, -0.05) is 6.07 Å². The molecule has 0 aliphatic carbocycles. The van der Waals surface area contributed by atoms with Gasteiger partial charge in [-0.25, -0.2) is 4.39 Å². The van der Waals surface area contributed by atoms with Gasteiger partial charge in [-0.2, -0.15) is 5.10 Å². The van der Waals surface area contributed by atoms with Crippen LogP contribution in [0.15, 0.2) is 30.6 Å². The topological polar surface area (TPSA) is 64.1 Å². The van der Waals surface area contributed by atoms with Crippen LogP contribution in [-0.4, -0.2) is 22.2 Å². The van der Waals surface area contributed by atoms with Crippen LogP contribution in [0.2, 0.25) is 0 Å². The van der Waals surface area contributed by atoms with Crippen molar-refractivity contribution in [3.8, 4) is 0 Å². The molecule has 2 N–H and O–H groups in total. The highest BCUT2D eigenvalue weighted by atomic mass is 19.1. The monoisotopic (exact) mass is 260 g/mol. The highest BCUT2D eigenvalue weighted by Crippen LogP contribution is 2.28. The molecule has 1 aromatic heterocycles. The third-order valence-corrected chi connectivity index (χ3v) is 3.19. The van der Waals surface area contributed by atoms with Crippen LogP contribution in [0.4, 0.5) is 15.8 Å². The van der Waals surface area contributed by atoms with E-state index in [9.17, 15) is 9.18 Å². The van der Waals surface area contributed by atoms with Crippen LogP contribution < -0.4 is 10.6 Å². The summed E-state index contributed by atoms with van der Waals surface area (Å²) in [5.41, 5.74) is 7.71. The Morgan fingerprint density at radius 2 is 2.32 bits per heavy atom. The maximum absolute atomic E-state index is 13.3. The number of nitrogen functional groups attached to an aromatic ring is 1. The van der Waals surface area contributed by atoms with E-state index in [4.69, 9.17) is 5.73 Å². The maximum atomic E-state index is 13.3. The van der Waals surface area contributed by atoms with E-state index in [1.165, 1.54) is 23.0 Å². The summed E-state index contributed by atoms with van der Waals surface area (Å²) in [6.45, 7) is 0.682. The summed E-state index contributed by atoms with van der Waals surface area (Å²) < 4.78 is 14.7. The van der Waals surface area contributed by atoms with Crippen molar-refractivity contribution < 1.29 is 9.18 Å². The summed E-state index contributed by atoms with van der Waals surface area (Å²) in [4.78, 5) is 13.8. The number of carbonyl (C=O) groups is 1. The summed E-state index contributed by atoms with van der Waals surface area (Å²) in [6.07, 6.45) is 3.84. The number of hydrogen-bond donors (Lipinski definition) is 1. The van der Waals surface area contributed by atoms with Crippen LogP contribution in [-0.2, 0) is 17.8 Å². The van der Waals surface area contributed by atoms with E-state index in [0.717, 1.165) is 12.0 Å². The van der Waals surface area contributed by atoms with Crippen LogP contribution in [0.1, 0.15) is 5.56 Å². The minimum atomic E-state index is -0.332. The van der Waals surface area contributed by atoms with E-state index < -0.39 is 0 Å². The van der Waals surface area contributed by atoms with Crippen LogP contribution in [0.25, 0.3) is 0 Å². The molecule has 6 heteroatoms. The molecule has 0 radical (unpaired) electrons. The van der Waals surface area contributed by atoms with Crippen molar-refractivity contribution in [2.45, 2.75) is 13.0 Å². The molecular weight excluding hydrogens is 247 g/mol. The highest BCUT2D eigenvalue weighted by Gasteiger charge is 2.25. The lowest BCUT2D eigenvalue weighted by Crippen LogP contribution is -2.32. The van der Waals surface area contributed by atoms with Gasteiger partial charge in [0.2, 0.25) is 5.91 Å².